The van der Waals surface area contributed by atoms with Gasteiger partial charge in [0.15, 0.2) is 11.5 Å². The normalized spacial score (nSPS) is 13.2. The number of nitrogens with zero attached hydrogens (tertiary/aromatic N) is 2. The van der Waals surface area contributed by atoms with Crippen molar-refractivity contribution in [1.82, 2.24) is 4.57 Å². The van der Waals surface area contributed by atoms with Gasteiger partial charge in [0.05, 0.1) is 16.4 Å². The van der Waals surface area contributed by atoms with Crippen LogP contribution >= 0.6 is 0 Å². The second-order valence-corrected chi connectivity index (χ2v) is 17.0. The number of hydrogen-bond donors (Lipinski definition) is 0. The molecule has 14 rings (SSSR count). The quantitative estimate of drug-likeness (QED) is 0.173. The Morgan fingerprint density at radius 2 is 1.05 bits per heavy atom. The van der Waals surface area contributed by atoms with Gasteiger partial charge in [-0.05, 0) is 111 Å². The van der Waals surface area contributed by atoms with Crippen molar-refractivity contribution in [1.29, 1.82) is 0 Å². The Hall–Kier alpha value is -8.78. The van der Waals surface area contributed by atoms with Crippen LogP contribution in [0, 0.1) is 12.1 Å². The lowest BCUT2D eigenvalue weighted by Gasteiger charge is -2.32. The highest BCUT2D eigenvalue weighted by molar-refractivity contribution is 6.09. The first-order chi connectivity index (χ1) is 32.3. The van der Waals surface area contributed by atoms with Crippen LogP contribution in [0.1, 0.15) is 22.3 Å². The zero-order valence-corrected chi connectivity index (χ0v) is 35.0. The van der Waals surface area contributed by atoms with Gasteiger partial charge >= 0.3 is 0 Å². The van der Waals surface area contributed by atoms with E-state index in [1.165, 1.54) is 55.2 Å². The predicted octanol–water partition coefficient (Wildman–Crippen LogP) is 15.8. The van der Waals surface area contributed by atoms with Crippen molar-refractivity contribution in [3.05, 3.63) is 253 Å². The second kappa shape index (κ2) is 13.6. The number of aromatic nitrogens is 1. The molecule has 65 heavy (non-hydrogen) atoms. The third kappa shape index (κ3) is 4.98. The van der Waals surface area contributed by atoms with E-state index in [0.717, 1.165) is 45.0 Å². The van der Waals surface area contributed by atoms with Gasteiger partial charge in [0.25, 0.3) is 0 Å². The summed E-state index contributed by atoms with van der Waals surface area (Å²) < 4.78 is 16.5. The summed E-state index contributed by atoms with van der Waals surface area (Å²) in [6.45, 7) is 0. The molecule has 2 heterocycles. The molecule has 0 N–H and O–H groups in total. The molecule has 0 saturated carbocycles. The number of ether oxygens (including phenoxy) is 2. The van der Waals surface area contributed by atoms with Gasteiger partial charge in [0, 0.05) is 39.5 Å². The summed E-state index contributed by atoms with van der Waals surface area (Å²) in [5.74, 6) is 2.43. The van der Waals surface area contributed by atoms with E-state index in [0.29, 0.717) is 23.0 Å². The number of hydrogen-bond acceptors (Lipinski definition) is 3. The van der Waals surface area contributed by atoms with E-state index in [9.17, 15) is 0 Å². The largest absolute Gasteiger partial charge is 0.446 e. The summed E-state index contributed by atoms with van der Waals surface area (Å²) in [6, 6.07) is 84.6. The number of anilines is 3. The highest BCUT2D eigenvalue weighted by Crippen LogP contribution is 2.66. The Balaban J connectivity index is 0.894. The first-order valence-electron chi connectivity index (χ1n) is 22.1. The van der Waals surface area contributed by atoms with Gasteiger partial charge in [-0.15, -0.1) is 0 Å². The van der Waals surface area contributed by atoms with E-state index in [1.54, 1.807) is 0 Å². The minimum absolute atomic E-state index is 0.491. The lowest BCUT2D eigenvalue weighted by atomic mass is 9.70. The summed E-state index contributed by atoms with van der Waals surface area (Å²) in [5, 5.41) is 2.50. The van der Waals surface area contributed by atoms with Crippen LogP contribution in [0.5, 0.6) is 23.0 Å². The van der Waals surface area contributed by atoms with Crippen LogP contribution in [-0.4, -0.2) is 4.57 Å². The smallest absolute Gasteiger partial charge is 0.222 e. The van der Waals surface area contributed by atoms with Crippen LogP contribution < -0.4 is 14.4 Å². The number of benzene rings is 9. The highest BCUT2D eigenvalue weighted by Gasteiger charge is 2.53. The maximum atomic E-state index is 7.32. The van der Waals surface area contributed by atoms with Crippen molar-refractivity contribution in [2.24, 2.45) is 0 Å². The van der Waals surface area contributed by atoms with Gasteiger partial charge in [0.1, 0.15) is 5.69 Å². The average Bonchev–Trinajstić information content (AvgIpc) is 3.99. The summed E-state index contributed by atoms with van der Waals surface area (Å²) in [7, 11) is 0. The zero-order valence-electron chi connectivity index (χ0n) is 35.0. The monoisotopic (exact) mass is 828 g/mol. The molecule has 0 radical (unpaired) electrons. The topological polar surface area (TPSA) is 26.6 Å². The number of fused-ring (bicyclic) bond motifs is 16. The van der Waals surface area contributed by atoms with Gasteiger partial charge in [-0.3, -0.25) is 0 Å². The van der Waals surface area contributed by atoms with E-state index in [4.69, 9.17) is 9.47 Å². The number of rotatable bonds is 5. The van der Waals surface area contributed by atoms with Crippen LogP contribution in [0.3, 0.4) is 0 Å². The maximum absolute atomic E-state index is 7.32. The van der Waals surface area contributed by atoms with E-state index >= 15 is 0 Å². The fourth-order valence-corrected chi connectivity index (χ4v) is 11.1. The molecule has 0 amide bonds. The van der Waals surface area contributed by atoms with Gasteiger partial charge in [0.2, 0.25) is 11.5 Å². The van der Waals surface area contributed by atoms with Crippen LogP contribution in [-0.2, 0) is 5.41 Å². The van der Waals surface area contributed by atoms with Crippen molar-refractivity contribution in [3.8, 4) is 62.1 Å². The molecule has 0 atom stereocenters. The summed E-state index contributed by atoms with van der Waals surface area (Å²) in [6.07, 6.45) is 0. The van der Waals surface area contributed by atoms with Crippen LogP contribution in [0.25, 0.3) is 60.9 Å². The highest BCUT2D eigenvalue weighted by atomic mass is 16.6. The van der Waals surface area contributed by atoms with Gasteiger partial charge in [-0.1, -0.05) is 164 Å². The van der Waals surface area contributed by atoms with Crippen molar-refractivity contribution in [2.45, 2.75) is 5.41 Å². The van der Waals surface area contributed by atoms with Crippen molar-refractivity contribution in [3.63, 3.8) is 0 Å². The molecule has 1 aromatic heterocycles. The Labute approximate surface area is 376 Å². The SMILES string of the molecule is c1cc(N(c2ccccc2)c2cccc(-c3ccc(-n4c5ccccc5c5ccccc54)cc3)c2)c2c(c#1)Oc1ccc3c(c1O2)-c1ccccc1C31c2ccccc2-c2ccccc21. The molecule has 2 aliphatic carbocycles. The average molecular weight is 829 g/mol. The van der Waals surface area contributed by atoms with Crippen LogP contribution in [0.2, 0.25) is 0 Å². The molecule has 0 fully saturated rings. The molecular formula is C61H36N2O2. The lowest BCUT2D eigenvalue weighted by Crippen LogP contribution is -2.25. The van der Waals surface area contributed by atoms with Crippen molar-refractivity contribution in [2.75, 3.05) is 4.90 Å². The zero-order chi connectivity index (χ0) is 42.6. The second-order valence-electron chi connectivity index (χ2n) is 17.0. The van der Waals surface area contributed by atoms with Gasteiger partial charge in [-0.25, -0.2) is 0 Å². The molecule has 1 spiro atoms. The third-order valence-electron chi connectivity index (χ3n) is 13.7. The molecule has 0 bridgehead atoms. The van der Waals surface area contributed by atoms with Gasteiger partial charge < -0.3 is 18.9 Å². The first-order valence-corrected chi connectivity index (χ1v) is 22.1. The van der Waals surface area contributed by atoms with E-state index in [2.05, 4.69) is 228 Å². The summed E-state index contributed by atoms with van der Waals surface area (Å²) in [5.41, 5.74) is 17.7. The van der Waals surface area contributed by atoms with Crippen molar-refractivity contribution >= 4 is 38.9 Å². The standard InChI is InChI=1S/C61H36N2O2/c1-2-17-41(18-3-1)62(43-19-14-16-40(38-43)39-32-34-42(35-33-39)63-53-28-12-7-22-46(53)47-23-8-13-29-54(47)63)55-30-15-31-56-59(55)65-60-57(64-56)37-36-52-58(60)48-24-6-11-27-51(48)61(52)49-25-9-4-20-44(49)45-21-5-10-26-50(45)61/h1-14,16-30,32-38H. The summed E-state index contributed by atoms with van der Waals surface area (Å²) >= 11 is 0. The molecule has 1 aliphatic heterocycles. The molecule has 10 aromatic carbocycles. The molecule has 11 aromatic rings. The predicted molar refractivity (Wildman–Crippen MR) is 261 cm³/mol. The summed E-state index contributed by atoms with van der Waals surface area (Å²) in [4.78, 5) is 2.23. The van der Waals surface area contributed by atoms with Crippen LogP contribution in [0.15, 0.2) is 218 Å². The Bertz CT molecular complexity index is 3640. The molecule has 0 unspecified atom stereocenters. The maximum Gasteiger partial charge on any atom is 0.222 e. The molecular weight excluding hydrogens is 793 g/mol. The van der Waals surface area contributed by atoms with E-state index in [1.807, 2.05) is 12.1 Å². The molecule has 302 valence electrons. The first kappa shape index (κ1) is 35.8. The molecule has 0 saturated heterocycles. The molecule has 4 nitrogen and oxygen atoms in total. The molecule has 4 heteroatoms. The Kier molecular flexibility index (Phi) is 7.49. The third-order valence-corrected chi connectivity index (χ3v) is 13.7. The van der Waals surface area contributed by atoms with E-state index in [-0.39, 0.29) is 0 Å². The van der Waals surface area contributed by atoms with E-state index < -0.39 is 5.41 Å². The number of para-hydroxylation sites is 3. The minimum atomic E-state index is -0.505. The Morgan fingerprint density at radius 1 is 0.446 bits per heavy atom. The lowest BCUT2D eigenvalue weighted by molar-refractivity contribution is 0.361. The van der Waals surface area contributed by atoms with Gasteiger partial charge in [-0.2, -0.15) is 0 Å². The fraction of sp³-hybridized carbons (Fsp3) is 0.0164. The minimum Gasteiger partial charge on any atom is -0.446 e. The van der Waals surface area contributed by atoms with Crippen LogP contribution in [0.4, 0.5) is 17.1 Å². The molecule has 3 aliphatic rings. The fourth-order valence-electron chi connectivity index (χ4n) is 11.1. The van der Waals surface area contributed by atoms with Crippen molar-refractivity contribution < 1.29 is 9.47 Å². The Morgan fingerprint density at radius 3 is 1.75 bits per heavy atom.